The lowest BCUT2D eigenvalue weighted by Crippen LogP contribution is -2.19. The van der Waals surface area contributed by atoms with Crippen molar-refractivity contribution in [2.24, 2.45) is 5.92 Å². The number of aromatic nitrogens is 2. The second kappa shape index (κ2) is 4.09. The average molecular weight is 240 g/mol. The smallest absolute Gasteiger partial charge is 0.166 e. The van der Waals surface area contributed by atoms with E-state index < -0.39 is 0 Å². The van der Waals surface area contributed by atoms with E-state index in [-0.39, 0.29) is 5.78 Å². The Bertz CT molecular complexity index is 598. The number of para-hydroxylation sites is 1. The third-order valence-corrected chi connectivity index (χ3v) is 3.51. The van der Waals surface area contributed by atoms with Crippen molar-refractivity contribution in [3.8, 4) is 5.69 Å². The molecule has 3 rings (SSSR count). The first-order valence-corrected chi connectivity index (χ1v) is 6.34. The summed E-state index contributed by atoms with van der Waals surface area (Å²) in [7, 11) is 0. The maximum absolute atomic E-state index is 12.1. The van der Waals surface area contributed by atoms with Crippen molar-refractivity contribution in [2.45, 2.75) is 26.7 Å². The summed E-state index contributed by atoms with van der Waals surface area (Å²) in [6.07, 6.45) is 1.57. The molecule has 0 bridgehead atoms. The zero-order valence-electron chi connectivity index (χ0n) is 10.7. The minimum Gasteiger partial charge on any atom is -0.294 e. The van der Waals surface area contributed by atoms with Crippen LogP contribution in [0.3, 0.4) is 0 Å². The number of rotatable bonds is 1. The van der Waals surface area contributed by atoms with Crippen LogP contribution in [0.25, 0.3) is 5.69 Å². The summed E-state index contributed by atoms with van der Waals surface area (Å²) in [5.41, 5.74) is 3.80. The summed E-state index contributed by atoms with van der Waals surface area (Å²) in [5.74, 6) is 0.645. The normalized spacial score (nSPS) is 18.8. The van der Waals surface area contributed by atoms with Crippen LogP contribution in [0.4, 0.5) is 0 Å². The molecule has 3 heteroatoms. The topological polar surface area (TPSA) is 34.9 Å². The molecule has 2 aromatic rings. The van der Waals surface area contributed by atoms with Gasteiger partial charge in [-0.05, 0) is 31.4 Å². The van der Waals surface area contributed by atoms with Crippen LogP contribution >= 0.6 is 0 Å². The third kappa shape index (κ3) is 1.67. The van der Waals surface area contributed by atoms with Crippen molar-refractivity contribution in [2.75, 3.05) is 0 Å². The first-order valence-electron chi connectivity index (χ1n) is 6.34. The molecule has 1 heterocycles. The first kappa shape index (κ1) is 11.2. The molecule has 0 unspecified atom stereocenters. The van der Waals surface area contributed by atoms with Crippen LogP contribution < -0.4 is 0 Å². The number of aryl methyl sites for hydroxylation is 1. The van der Waals surface area contributed by atoms with Gasteiger partial charge in [-0.15, -0.1) is 0 Å². The van der Waals surface area contributed by atoms with Crippen LogP contribution in [-0.4, -0.2) is 15.6 Å². The SMILES string of the molecule is Cc1nn(-c2ccccc2)c2c1C(=O)C[C@H](C)C2. The Kier molecular flexibility index (Phi) is 2.54. The highest BCUT2D eigenvalue weighted by Crippen LogP contribution is 2.29. The van der Waals surface area contributed by atoms with Gasteiger partial charge in [0.05, 0.1) is 22.6 Å². The summed E-state index contributed by atoms with van der Waals surface area (Å²) < 4.78 is 1.93. The van der Waals surface area contributed by atoms with E-state index in [2.05, 4.69) is 12.0 Å². The summed E-state index contributed by atoms with van der Waals surface area (Å²) in [5, 5.41) is 4.54. The van der Waals surface area contributed by atoms with Gasteiger partial charge in [-0.1, -0.05) is 25.1 Å². The highest BCUT2D eigenvalue weighted by Gasteiger charge is 2.29. The monoisotopic (exact) mass is 240 g/mol. The first-order chi connectivity index (χ1) is 8.66. The van der Waals surface area contributed by atoms with Crippen molar-refractivity contribution in [1.29, 1.82) is 0 Å². The van der Waals surface area contributed by atoms with E-state index in [9.17, 15) is 4.79 Å². The van der Waals surface area contributed by atoms with E-state index >= 15 is 0 Å². The molecule has 0 spiro atoms. The fourth-order valence-electron chi connectivity index (χ4n) is 2.73. The van der Waals surface area contributed by atoms with Gasteiger partial charge in [0.25, 0.3) is 0 Å². The van der Waals surface area contributed by atoms with Gasteiger partial charge in [0, 0.05) is 6.42 Å². The molecule has 1 aromatic heterocycles. The van der Waals surface area contributed by atoms with E-state index in [1.165, 1.54) is 0 Å². The molecular formula is C15H16N2O. The molecule has 0 saturated heterocycles. The molecular weight excluding hydrogens is 224 g/mol. The number of ketones is 1. The molecule has 0 N–H and O–H groups in total. The van der Waals surface area contributed by atoms with Crippen molar-refractivity contribution in [3.63, 3.8) is 0 Å². The third-order valence-electron chi connectivity index (χ3n) is 3.51. The number of carbonyl (C=O) groups excluding carboxylic acids is 1. The van der Waals surface area contributed by atoms with Crippen LogP contribution in [0.1, 0.15) is 35.1 Å². The van der Waals surface area contributed by atoms with Crippen molar-refractivity contribution >= 4 is 5.78 Å². The quantitative estimate of drug-likeness (QED) is 0.768. The Balaban J connectivity index is 2.19. The Hall–Kier alpha value is -1.90. The molecule has 92 valence electrons. The predicted octanol–water partition coefficient (Wildman–Crippen LogP) is 2.95. The Labute approximate surface area is 106 Å². The lowest BCUT2D eigenvalue weighted by atomic mass is 9.87. The van der Waals surface area contributed by atoms with Crippen LogP contribution in [-0.2, 0) is 6.42 Å². The van der Waals surface area contributed by atoms with Crippen LogP contribution in [0.5, 0.6) is 0 Å². The summed E-state index contributed by atoms with van der Waals surface area (Å²) in [4.78, 5) is 12.1. The summed E-state index contributed by atoms with van der Waals surface area (Å²) in [6, 6.07) is 10.0. The Morgan fingerprint density at radius 3 is 2.67 bits per heavy atom. The van der Waals surface area contributed by atoms with Gasteiger partial charge in [-0.3, -0.25) is 4.79 Å². The molecule has 1 aliphatic rings. The molecule has 18 heavy (non-hydrogen) atoms. The molecule has 0 fully saturated rings. The minimum absolute atomic E-state index is 0.239. The number of Topliss-reactive ketones (excluding diaryl/α,β-unsaturated/α-hetero) is 1. The number of fused-ring (bicyclic) bond motifs is 1. The van der Waals surface area contributed by atoms with E-state index in [4.69, 9.17) is 0 Å². The summed E-state index contributed by atoms with van der Waals surface area (Å²) in [6.45, 7) is 4.05. The van der Waals surface area contributed by atoms with Crippen LogP contribution in [0, 0.1) is 12.8 Å². The van der Waals surface area contributed by atoms with Crippen LogP contribution in [0.15, 0.2) is 30.3 Å². The zero-order chi connectivity index (χ0) is 12.7. The fourth-order valence-corrected chi connectivity index (χ4v) is 2.73. The number of benzene rings is 1. The molecule has 0 radical (unpaired) electrons. The van der Waals surface area contributed by atoms with Crippen molar-refractivity contribution < 1.29 is 4.79 Å². The van der Waals surface area contributed by atoms with E-state index in [1.807, 2.05) is 41.9 Å². The molecule has 1 aliphatic carbocycles. The fraction of sp³-hybridized carbons (Fsp3) is 0.333. The Morgan fingerprint density at radius 2 is 1.94 bits per heavy atom. The number of carbonyl (C=O) groups is 1. The standard InChI is InChI=1S/C15H16N2O/c1-10-8-13-15(14(18)9-10)11(2)16-17(13)12-6-4-3-5-7-12/h3-7,10H,8-9H2,1-2H3/t10-/m1/s1. The largest absolute Gasteiger partial charge is 0.294 e. The highest BCUT2D eigenvalue weighted by atomic mass is 16.1. The van der Waals surface area contributed by atoms with Gasteiger partial charge < -0.3 is 0 Å². The molecule has 0 aliphatic heterocycles. The maximum Gasteiger partial charge on any atom is 0.166 e. The van der Waals surface area contributed by atoms with Gasteiger partial charge >= 0.3 is 0 Å². The lowest BCUT2D eigenvalue weighted by Gasteiger charge is -2.19. The minimum atomic E-state index is 0.239. The van der Waals surface area contributed by atoms with E-state index in [0.29, 0.717) is 12.3 Å². The maximum atomic E-state index is 12.1. The van der Waals surface area contributed by atoms with E-state index in [1.54, 1.807) is 0 Å². The van der Waals surface area contributed by atoms with Crippen LogP contribution in [0.2, 0.25) is 0 Å². The van der Waals surface area contributed by atoms with E-state index in [0.717, 1.165) is 29.1 Å². The lowest BCUT2D eigenvalue weighted by molar-refractivity contribution is 0.0952. The molecule has 0 amide bonds. The predicted molar refractivity (Wildman–Crippen MR) is 70.1 cm³/mol. The molecule has 3 nitrogen and oxygen atoms in total. The van der Waals surface area contributed by atoms with Gasteiger partial charge in [-0.25, -0.2) is 4.68 Å². The molecule has 0 saturated carbocycles. The zero-order valence-corrected chi connectivity index (χ0v) is 10.7. The molecule has 1 atom stereocenters. The van der Waals surface area contributed by atoms with Gasteiger partial charge in [-0.2, -0.15) is 5.10 Å². The van der Waals surface area contributed by atoms with Gasteiger partial charge in [0.2, 0.25) is 0 Å². The number of nitrogens with zero attached hydrogens (tertiary/aromatic N) is 2. The Morgan fingerprint density at radius 1 is 1.22 bits per heavy atom. The van der Waals surface area contributed by atoms with Gasteiger partial charge in [0.1, 0.15) is 0 Å². The second-order valence-electron chi connectivity index (χ2n) is 5.09. The second-order valence-corrected chi connectivity index (χ2v) is 5.09. The highest BCUT2D eigenvalue weighted by molar-refractivity contribution is 5.99. The van der Waals surface area contributed by atoms with Gasteiger partial charge in [0.15, 0.2) is 5.78 Å². The molecule has 1 aromatic carbocycles. The van der Waals surface area contributed by atoms with Crippen molar-refractivity contribution in [1.82, 2.24) is 9.78 Å². The number of hydrogen-bond donors (Lipinski definition) is 0. The summed E-state index contributed by atoms with van der Waals surface area (Å²) >= 11 is 0. The number of hydrogen-bond acceptors (Lipinski definition) is 2. The average Bonchev–Trinajstić information content (AvgIpc) is 2.67. The van der Waals surface area contributed by atoms with Crippen molar-refractivity contribution in [3.05, 3.63) is 47.3 Å².